The summed E-state index contributed by atoms with van der Waals surface area (Å²) < 4.78 is 23.4. The van der Waals surface area contributed by atoms with E-state index in [4.69, 9.17) is 24.7 Å². The average Bonchev–Trinajstić information content (AvgIpc) is 3.54. The molecule has 4 bridgehead atoms. The van der Waals surface area contributed by atoms with Crippen molar-refractivity contribution in [2.45, 2.75) is 82.7 Å². The summed E-state index contributed by atoms with van der Waals surface area (Å²) in [6, 6.07) is 51.8. The van der Waals surface area contributed by atoms with E-state index in [1.54, 1.807) is 60.7 Å². The highest BCUT2D eigenvalue weighted by Crippen LogP contribution is 2.30. The number of primary amides is 1. The number of nitrogens with one attached hydrogen (secondary N) is 6. The minimum atomic E-state index is -1.37. The van der Waals surface area contributed by atoms with Crippen molar-refractivity contribution < 1.29 is 52.5 Å². The number of amides is 7. The molecule has 7 aromatic rings. The number of rotatable bonds is 22. The summed E-state index contributed by atoms with van der Waals surface area (Å²) in [6.07, 6.45) is -1.81. The lowest BCUT2D eigenvalue weighted by Gasteiger charge is -2.27. The monoisotopic (exact) mass is 1110 g/mol. The first-order chi connectivity index (χ1) is 39.9. The Kier molecular flexibility index (Phi) is 21.2. The van der Waals surface area contributed by atoms with Crippen LogP contribution in [0, 0.1) is 0 Å². The second kappa shape index (κ2) is 29.8. The van der Waals surface area contributed by atoms with Gasteiger partial charge < -0.3 is 56.6 Å². The number of ether oxygens (including phenoxy) is 4. The molecule has 0 fully saturated rings. The maximum Gasteiger partial charge on any atom is 0.408 e. The van der Waals surface area contributed by atoms with Gasteiger partial charge in [0.1, 0.15) is 62.1 Å². The number of carbonyl (C=O) groups is 7. The third kappa shape index (κ3) is 18.3. The Balaban J connectivity index is 1.10. The van der Waals surface area contributed by atoms with E-state index in [9.17, 15) is 33.6 Å². The van der Waals surface area contributed by atoms with Gasteiger partial charge in [0.25, 0.3) is 0 Å². The van der Waals surface area contributed by atoms with E-state index in [2.05, 4.69) is 31.9 Å². The number of alkyl carbamates (subject to hydrolysis) is 2. The van der Waals surface area contributed by atoms with Crippen LogP contribution < -0.4 is 47.1 Å². The molecule has 0 saturated carbocycles. The summed E-state index contributed by atoms with van der Waals surface area (Å²) in [7, 11) is 0. The van der Waals surface area contributed by atoms with Crippen molar-refractivity contribution in [3.63, 3.8) is 0 Å². The lowest BCUT2D eigenvalue weighted by Crippen LogP contribution is -2.59. The quantitative estimate of drug-likeness (QED) is 0.0343. The number of hydrogen-bond acceptors (Lipinski definition) is 11. The zero-order chi connectivity index (χ0) is 57.5. The van der Waals surface area contributed by atoms with Crippen LogP contribution in [0.2, 0.25) is 0 Å². The molecule has 1 aliphatic heterocycles. The van der Waals surface area contributed by atoms with Crippen molar-refractivity contribution in [2.75, 3.05) is 13.1 Å². The number of hydrogen-bond donors (Lipinski definition) is 7. The average molecular weight is 1110 g/mol. The third-order valence-electron chi connectivity index (χ3n) is 13.3. The Morgan fingerprint density at radius 3 is 1.77 bits per heavy atom. The van der Waals surface area contributed by atoms with Crippen LogP contribution in [0.25, 0.3) is 11.1 Å². The highest BCUT2D eigenvalue weighted by molar-refractivity contribution is 5.96. The van der Waals surface area contributed by atoms with Crippen molar-refractivity contribution in [2.24, 2.45) is 5.73 Å². The van der Waals surface area contributed by atoms with Gasteiger partial charge in [-0.1, -0.05) is 164 Å². The van der Waals surface area contributed by atoms with E-state index in [1.165, 1.54) is 0 Å². The van der Waals surface area contributed by atoms with E-state index in [1.807, 2.05) is 127 Å². The predicted octanol–water partition coefficient (Wildman–Crippen LogP) is 6.91. The van der Waals surface area contributed by atoms with Gasteiger partial charge in [-0.2, -0.15) is 0 Å². The fraction of sp³-hybridized carbons (Fsp3) is 0.234. The summed E-state index contributed by atoms with van der Waals surface area (Å²) in [5.41, 5.74) is 12.0. The molecule has 4 atom stereocenters. The third-order valence-corrected chi connectivity index (χ3v) is 13.3. The van der Waals surface area contributed by atoms with E-state index in [-0.39, 0.29) is 58.5 Å². The zero-order valence-electron chi connectivity index (χ0n) is 45.1. The molecule has 7 aromatic carbocycles. The van der Waals surface area contributed by atoms with Crippen molar-refractivity contribution in [3.8, 4) is 22.6 Å². The summed E-state index contributed by atoms with van der Waals surface area (Å²) >= 11 is 0. The number of carbonyl (C=O) groups excluding carboxylic acids is 7. The van der Waals surface area contributed by atoms with Gasteiger partial charge in [-0.3, -0.25) is 24.0 Å². The molecule has 8 rings (SSSR count). The molecule has 0 unspecified atom stereocenters. The fourth-order valence-corrected chi connectivity index (χ4v) is 9.02. The lowest BCUT2D eigenvalue weighted by molar-refractivity contribution is -0.134. The second-order valence-corrected chi connectivity index (χ2v) is 19.6. The Labute approximate surface area is 475 Å². The first kappa shape index (κ1) is 58.2. The molecule has 0 aliphatic carbocycles. The van der Waals surface area contributed by atoms with Gasteiger partial charge in [0.15, 0.2) is 0 Å². The predicted molar refractivity (Wildman–Crippen MR) is 306 cm³/mol. The van der Waals surface area contributed by atoms with Gasteiger partial charge in [-0.25, -0.2) is 9.59 Å². The first-order valence-electron chi connectivity index (χ1n) is 26.9. The molecule has 8 N–H and O–H groups in total. The van der Waals surface area contributed by atoms with Gasteiger partial charge in [-0.05, 0) is 87.2 Å². The molecule has 7 amide bonds. The van der Waals surface area contributed by atoms with Crippen LogP contribution >= 0.6 is 0 Å². The molecule has 0 spiro atoms. The van der Waals surface area contributed by atoms with Gasteiger partial charge in [0.2, 0.25) is 29.5 Å². The smallest absolute Gasteiger partial charge is 0.408 e. The van der Waals surface area contributed by atoms with Crippen LogP contribution in [0.15, 0.2) is 188 Å². The molecular weight excluding hydrogens is 1040 g/mol. The van der Waals surface area contributed by atoms with Crippen molar-refractivity contribution in [3.05, 3.63) is 227 Å². The molecule has 18 heteroatoms. The van der Waals surface area contributed by atoms with Crippen molar-refractivity contribution in [1.82, 2.24) is 31.9 Å². The number of fused-ring (bicyclic) bond motifs is 5. The van der Waals surface area contributed by atoms with E-state index in [0.717, 1.165) is 22.3 Å². The second-order valence-electron chi connectivity index (χ2n) is 19.6. The lowest BCUT2D eigenvalue weighted by atomic mass is 9.95. The van der Waals surface area contributed by atoms with Crippen molar-refractivity contribution >= 4 is 41.7 Å². The molecular formula is C64H65N7O11. The Hall–Kier alpha value is -9.97. The van der Waals surface area contributed by atoms with E-state index in [0.29, 0.717) is 45.9 Å². The normalized spacial score (nSPS) is 15.3. The molecule has 0 aromatic heterocycles. The summed E-state index contributed by atoms with van der Waals surface area (Å²) in [4.78, 5) is 96.9. The largest absolute Gasteiger partial charge is 0.489 e. The molecule has 0 saturated heterocycles. The Morgan fingerprint density at radius 2 is 1.15 bits per heavy atom. The molecule has 1 heterocycles. The van der Waals surface area contributed by atoms with Gasteiger partial charge >= 0.3 is 12.2 Å². The molecule has 0 radical (unpaired) electrons. The van der Waals surface area contributed by atoms with Crippen LogP contribution in [0.1, 0.15) is 51.8 Å². The van der Waals surface area contributed by atoms with E-state index < -0.39 is 72.4 Å². The summed E-state index contributed by atoms with van der Waals surface area (Å²) in [5.74, 6) is -2.84. The summed E-state index contributed by atoms with van der Waals surface area (Å²) in [6.45, 7) is -0.0431. The van der Waals surface area contributed by atoms with Crippen LogP contribution in [0.3, 0.4) is 0 Å². The van der Waals surface area contributed by atoms with Gasteiger partial charge in [0.05, 0.1) is 6.54 Å². The topological polar surface area (TPSA) is 255 Å². The first-order valence-corrected chi connectivity index (χ1v) is 26.9. The van der Waals surface area contributed by atoms with Crippen LogP contribution in [0.4, 0.5) is 9.59 Å². The van der Waals surface area contributed by atoms with Crippen LogP contribution in [-0.4, -0.2) is 79.0 Å². The molecule has 422 valence electrons. The van der Waals surface area contributed by atoms with Crippen LogP contribution in [0.5, 0.6) is 11.5 Å². The maximum absolute atomic E-state index is 14.9. The molecule has 1 aliphatic rings. The number of nitrogens with two attached hydrogens (primary N) is 1. The highest BCUT2D eigenvalue weighted by atomic mass is 16.6. The SMILES string of the molecule is NC(=O)CNC(=O)[C@H](Cc1ccc(OCc2ccccc2)cc1)NC(=O)[C@@H]1Cc2cccc(c2)-c2ccc(OCc3ccccc3)c(c2)C[C@H](NC(=O)OCc2ccccc2)C(=O)N[C@@H](CCCNC(=O)OCc2ccccc2)C(=O)N1. The van der Waals surface area contributed by atoms with Gasteiger partial charge in [-0.15, -0.1) is 0 Å². The number of benzene rings is 7. The van der Waals surface area contributed by atoms with Crippen LogP contribution in [-0.2, 0) is 79.1 Å². The molecule has 18 nitrogen and oxygen atoms in total. The van der Waals surface area contributed by atoms with Gasteiger partial charge in [0, 0.05) is 25.8 Å². The zero-order valence-corrected chi connectivity index (χ0v) is 45.1. The Bertz CT molecular complexity index is 3260. The fourth-order valence-electron chi connectivity index (χ4n) is 9.02. The van der Waals surface area contributed by atoms with Crippen molar-refractivity contribution in [1.29, 1.82) is 0 Å². The summed E-state index contributed by atoms with van der Waals surface area (Å²) in [5, 5.41) is 16.4. The molecule has 82 heavy (non-hydrogen) atoms. The van der Waals surface area contributed by atoms with E-state index >= 15 is 0 Å². The minimum Gasteiger partial charge on any atom is -0.489 e. The highest BCUT2D eigenvalue weighted by Gasteiger charge is 2.33. The minimum absolute atomic E-state index is 0.0221. The standard InChI is InChI=1S/C64H65N7O11/c65-58(72)38-67-59(73)54(34-43-26-29-52(30-27-43)79-39-44-15-5-1-6-16-44)69-61(75)55-35-48-23-13-24-49(33-48)50-28-31-57(80-40-45-17-7-2-8-18-45)51(36-50)37-56(71-64(78)82-42-47-21-11-4-12-22-47)62(76)68-53(60(74)70-55)25-14-32-66-63(77)81-41-46-19-9-3-10-20-46/h1-13,15-24,26-31,33,36,53-56H,14,25,32,34-35,37-42H2,(H2,65,72)(H,66,77)(H,67,73)(H,68,76)(H,69,75)(H,70,74)(H,71,78)/t53-,54-,55-,56-/m0/s1. The Morgan fingerprint density at radius 1 is 0.561 bits per heavy atom. The maximum atomic E-state index is 14.9.